The molecule has 7 heteroatoms. The minimum Gasteiger partial charge on any atom is -0.471 e. The average molecular weight is 468 g/mol. The number of nitrogens with one attached hydrogen (secondary N) is 2. The summed E-state index contributed by atoms with van der Waals surface area (Å²) in [5.74, 6) is 0.131. The van der Waals surface area contributed by atoms with Gasteiger partial charge in [0.15, 0.2) is 0 Å². The molecular formula is C27H34FN3O3. The van der Waals surface area contributed by atoms with Crippen molar-refractivity contribution in [2.24, 2.45) is 0 Å². The Bertz CT molecular complexity index is 1050. The van der Waals surface area contributed by atoms with Crippen LogP contribution >= 0.6 is 0 Å². The predicted molar refractivity (Wildman–Crippen MR) is 130 cm³/mol. The first-order valence-electron chi connectivity index (χ1n) is 12.0. The summed E-state index contributed by atoms with van der Waals surface area (Å²) in [4.78, 5) is 16.4. The molecule has 2 aromatic rings. The molecule has 3 atom stereocenters. The quantitative estimate of drug-likeness (QED) is 0.545. The maximum atomic E-state index is 13.3. The fourth-order valence-electron chi connectivity index (χ4n) is 4.85. The Balaban J connectivity index is 1.50. The number of hydrogen-bond donors (Lipinski definition) is 3. The number of nitrogens with zero attached hydrogens (tertiary/aromatic N) is 1. The number of fused-ring (bicyclic) bond motifs is 1. The van der Waals surface area contributed by atoms with Gasteiger partial charge in [0.05, 0.1) is 12.1 Å². The SMILES string of the molecule is CC(=O)N[C@@H](Cc1ccc(F)cc1)[C@H](O)CN[C@H]1CC2(CCC2)Oc2ncc(C=C(C)C)cc21. The van der Waals surface area contributed by atoms with Gasteiger partial charge < -0.3 is 20.5 Å². The number of carbonyl (C=O) groups is 1. The van der Waals surface area contributed by atoms with Crippen LogP contribution in [0.2, 0.25) is 0 Å². The molecule has 6 nitrogen and oxygen atoms in total. The molecule has 0 unspecified atom stereocenters. The molecule has 2 aliphatic rings. The summed E-state index contributed by atoms with van der Waals surface area (Å²) in [6, 6.07) is 7.72. The lowest BCUT2D eigenvalue weighted by Gasteiger charge is -2.47. The number of halogens is 1. The second-order valence-electron chi connectivity index (χ2n) is 9.89. The first-order chi connectivity index (χ1) is 16.2. The molecule has 2 heterocycles. The molecule has 0 bridgehead atoms. The molecule has 1 aliphatic heterocycles. The highest BCUT2D eigenvalue weighted by atomic mass is 19.1. The van der Waals surface area contributed by atoms with Crippen LogP contribution in [-0.4, -0.2) is 40.3 Å². The lowest BCUT2D eigenvalue weighted by molar-refractivity contribution is -0.120. The van der Waals surface area contributed by atoms with Crippen LogP contribution in [0.25, 0.3) is 6.08 Å². The number of aromatic nitrogens is 1. The zero-order valence-electron chi connectivity index (χ0n) is 20.1. The molecule has 1 aliphatic carbocycles. The highest BCUT2D eigenvalue weighted by molar-refractivity contribution is 5.73. The van der Waals surface area contributed by atoms with Crippen molar-refractivity contribution in [1.82, 2.24) is 15.6 Å². The van der Waals surface area contributed by atoms with Crippen molar-refractivity contribution >= 4 is 12.0 Å². The van der Waals surface area contributed by atoms with Gasteiger partial charge in [-0.05, 0) is 68.9 Å². The highest BCUT2D eigenvalue weighted by Crippen LogP contribution is 2.48. The van der Waals surface area contributed by atoms with Crippen molar-refractivity contribution in [3.8, 4) is 5.88 Å². The second kappa shape index (κ2) is 10.2. The van der Waals surface area contributed by atoms with E-state index < -0.39 is 12.1 Å². The standard InChI is InChI=1S/C27H34FN3O3/c1-17(2)11-20-12-22-24(14-27(9-4-10-27)34-26(22)30-15-20)29-16-25(33)23(31-18(3)32)13-19-5-7-21(28)8-6-19/h5-8,11-12,15,23-25,29,33H,4,9-10,13-14,16H2,1-3H3,(H,31,32)/t23-,24-,25+/m0/s1. The van der Waals surface area contributed by atoms with Crippen molar-refractivity contribution in [2.45, 2.75) is 76.7 Å². The molecule has 1 spiro atoms. The molecule has 1 aromatic carbocycles. The van der Waals surface area contributed by atoms with Crippen LogP contribution in [-0.2, 0) is 11.2 Å². The van der Waals surface area contributed by atoms with E-state index in [9.17, 15) is 14.3 Å². The Morgan fingerprint density at radius 2 is 2.03 bits per heavy atom. The topological polar surface area (TPSA) is 83.5 Å². The summed E-state index contributed by atoms with van der Waals surface area (Å²) < 4.78 is 19.6. The van der Waals surface area contributed by atoms with Crippen LogP contribution in [0.4, 0.5) is 4.39 Å². The van der Waals surface area contributed by atoms with Crippen LogP contribution in [0.3, 0.4) is 0 Å². The van der Waals surface area contributed by atoms with E-state index in [4.69, 9.17) is 4.74 Å². The van der Waals surface area contributed by atoms with Gasteiger partial charge >= 0.3 is 0 Å². The molecule has 0 saturated heterocycles. The lowest BCUT2D eigenvalue weighted by atomic mass is 9.73. The predicted octanol–water partition coefficient (Wildman–Crippen LogP) is 4.09. The number of ether oxygens (including phenoxy) is 1. The molecule has 1 fully saturated rings. The average Bonchev–Trinajstić information content (AvgIpc) is 2.76. The minimum absolute atomic E-state index is 0.0134. The molecule has 0 radical (unpaired) electrons. The third-order valence-electron chi connectivity index (χ3n) is 6.68. The monoisotopic (exact) mass is 467 g/mol. The second-order valence-corrected chi connectivity index (χ2v) is 9.89. The van der Waals surface area contributed by atoms with Gasteiger partial charge in [0.2, 0.25) is 11.8 Å². The van der Waals surface area contributed by atoms with Gasteiger partial charge in [-0.3, -0.25) is 4.79 Å². The highest BCUT2D eigenvalue weighted by Gasteiger charge is 2.46. The molecule has 1 saturated carbocycles. The van der Waals surface area contributed by atoms with Crippen molar-refractivity contribution < 1.29 is 19.0 Å². The summed E-state index contributed by atoms with van der Waals surface area (Å²) in [7, 11) is 0. The number of benzene rings is 1. The molecule has 3 N–H and O–H groups in total. The fourth-order valence-corrected chi connectivity index (χ4v) is 4.85. The third kappa shape index (κ3) is 5.83. The van der Waals surface area contributed by atoms with Crippen molar-refractivity contribution in [1.29, 1.82) is 0 Å². The van der Waals surface area contributed by atoms with Crippen molar-refractivity contribution in [2.75, 3.05) is 6.54 Å². The Morgan fingerprint density at radius 1 is 1.29 bits per heavy atom. The van der Waals surface area contributed by atoms with Gasteiger partial charge in [0.1, 0.15) is 11.4 Å². The molecule has 1 amide bonds. The van der Waals surface area contributed by atoms with Crippen LogP contribution in [0, 0.1) is 5.82 Å². The number of rotatable bonds is 8. The zero-order chi connectivity index (χ0) is 24.3. The molecule has 34 heavy (non-hydrogen) atoms. The van der Waals surface area contributed by atoms with Gasteiger partial charge in [-0.1, -0.05) is 23.8 Å². The molecule has 182 valence electrons. The van der Waals surface area contributed by atoms with Gasteiger partial charge in [-0.25, -0.2) is 9.37 Å². The largest absolute Gasteiger partial charge is 0.471 e. The summed E-state index contributed by atoms with van der Waals surface area (Å²) in [5, 5.41) is 17.4. The summed E-state index contributed by atoms with van der Waals surface area (Å²) in [5.41, 5.74) is 3.86. The van der Waals surface area contributed by atoms with Gasteiger partial charge in [-0.2, -0.15) is 0 Å². The number of pyridine rings is 1. The number of carbonyl (C=O) groups excluding carboxylic acids is 1. The Labute approximate surface area is 200 Å². The zero-order valence-corrected chi connectivity index (χ0v) is 20.1. The number of amides is 1. The van der Waals surface area contributed by atoms with Crippen LogP contribution < -0.4 is 15.4 Å². The van der Waals surface area contributed by atoms with Crippen LogP contribution in [0.5, 0.6) is 5.88 Å². The van der Waals surface area contributed by atoms with Crippen LogP contribution in [0.1, 0.15) is 69.2 Å². The van der Waals surface area contributed by atoms with E-state index in [0.717, 1.165) is 42.4 Å². The summed E-state index contributed by atoms with van der Waals surface area (Å²) in [6.45, 7) is 5.83. The minimum atomic E-state index is -0.827. The molecule has 1 aromatic heterocycles. The summed E-state index contributed by atoms with van der Waals surface area (Å²) >= 11 is 0. The third-order valence-corrected chi connectivity index (χ3v) is 6.68. The number of aliphatic hydroxyl groups excluding tert-OH is 1. The Morgan fingerprint density at radius 3 is 2.65 bits per heavy atom. The Hall–Kier alpha value is -2.77. The van der Waals surface area contributed by atoms with E-state index in [2.05, 4.69) is 41.6 Å². The Kier molecular flexibility index (Phi) is 7.33. The first kappa shape index (κ1) is 24.4. The maximum Gasteiger partial charge on any atom is 0.218 e. The van der Waals surface area contributed by atoms with Gasteiger partial charge in [0.25, 0.3) is 0 Å². The smallest absolute Gasteiger partial charge is 0.218 e. The van der Waals surface area contributed by atoms with E-state index in [1.165, 1.54) is 24.6 Å². The van der Waals surface area contributed by atoms with E-state index in [1.54, 1.807) is 12.1 Å². The van der Waals surface area contributed by atoms with E-state index >= 15 is 0 Å². The lowest BCUT2D eigenvalue weighted by Crippen LogP contribution is -2.52. The van der Waals surface area contributed by atoms with Crippen LogP contribution in [0.15, 0.2) is 42.1 Å². The fraction of sp³-hybridized carbons (Fsp3) is 0.481. The number of aliphatic hydroxyl groups is 1. The van der Waals surface area contributed by atoms with Crippen molar-refractivity contribution in [3.63, 3.8) is 0 Å². The number of hydrogen-bond acceptors (Lipinski definition) is 5. The molecule has 4 rings (SSSR count). The first-order valence-corrected chi connectivity index (χ1v) is 12.0. The van der Waals surface area contributed by atoms with Crippen molar-refractivity contribution in [3.05, 3.63) is 64.6 Å². The van der Waals surface area contributed by atoms with Gasteiger partial charge in [-0.15, -0.1) is 0 Å². The van der Waals surface area contributed by atoms with E-state index in [-0.39, 0.29) is 23.4 Å². The van der Waals surface area contributed by atoms with E-state index in [0.29, 0.717) is 18.8 Å². The van der Waals surface area contributed by atoms with Gasteiger partial charge in [0, 0.05) is 37.7 Å². The molecular weight excluding hydrogens is 433 g/mol. The number of allylic oxidation sites excluding steroid dienone is 1. The summed E-state index contributed by atoms with van der Waals surface area (Å²) in [6.07, 6.45) is 7.47. The maximum absolute atomic E-state index is 13.3. The normalized spacial score (nSPS) is 19.9. The van der Waals surface area contributed by atoms with E-state index in [1.807, 2.05) is 6.20 Å².